The van der Waals surface area contributed by atoms with Crippen molar-refractivity contribution in [1.29, 1.82) is 0 Å². The van der Waals surface area contributed by atoms with Crippen molar-refractivity contribution < 1.29 is 15.0 Å². The van der Waals surface area contributed by atoms with Crippen LogP contribution in [0, 0.1) is 6.92 Å². The van der Waals surface area contributed by atoms with E-state index in [1.807, 2.05) is 6.92 Å². The highest BCUT2D eigenvalue weighted by molar-refractivity contribution is 6.06. The monoisotopic (exact) mass is 257 g/mol. The molecule has 4 nitrogen and oxygen atoms in total. The SMILES string of the molecule is Cc1ccc(C(=O)Nc2ccccc2CO)c(O)c1. The number of carbonyl (C=O) groups is 1. The number of para-hydroxylation sites is 1. The van der Waals surface area contributed by atoms with Crippen LogP contribution in [-0.2, 0) is 6.61 Å². The molecule has 0 unspecified atom stereocenters. The summed E-state index contributed by atoms with van der Waals surface area (Å²) in [7, 11) is 0. The molecule has 0 aliphatic rings. The van der Waals surface area contributed by atoms with E-state index in [9.17, 15) is 15.0 Å². The van der Waals surface area contributed by atoms with Gasteiger partial charge in [-0.15, -0.1) is 0 Å². The molecule has 0 saturated carbocycles. The second kappa shape index (κ2) is 5.54. The number of aryl methyl sites for hydroxylation is 1. The molecule has 0 bridgehead atoms. The molecule has 0 spiro atoms. The molecule has 0 aromatic heterocycles. The van der Waals surface area contributed by atoms with Crippen LogP contribution in [0.15, 0.2) is 42.5 Å². The molecule has 4 heteroatoms. The van der Waals surface area contributed by atoms with Gasteiger partial charge in [0.15, 0.2) is 0 Å². The number of hydrogen-bond acceptors (Lipinski definition) is 3. The lowest BCUT2D eigenvalue weighted by atomic mass is 10.1. The smallest absolute Gasteiger partial charge is 0.259 e. The first-order valence-electron chi connectivity index (χ1n) is 5.91. The van der Waals surface area contributed by atoms with Gasteiger partial charge in [-0.2, -0.15) is 0 Å². The Morgan fingerprint density at radius 2 is 1.95 bits per heavy atom. The standard InChI is InChI=1S/C15H15NO3/c1-10-6-7-12(14(18)8-10)15(19)16-13-5-3-2-4-11(13)9-17/h2-8,17-18H,9H2,1H3,(H,16,19). The molecule has 0 saturated heterocycles. The molecule has 1 amide bonds. The van der Waals surface area contributed by atoms with Crippen LogP contribution in [0.3, 0.4) is 0 Å². The van der Waals surface area contributed by atoms with Crippen molar-refractivity contribution in [3.05, 3.63) is 59.2 Å². The number of rotatable bonds is 3. The summed E-state index contributed by atoms with van der Waals surface area (Å²) in [5.74, 6) is -0.461. The van der Waals surface area contributed by atoms with Crippen LogP contribution in [0.5, 0.6) is 5.75 Å². The third-order valence-corrected chi connectivity index (χ3v) is 2.83. The number of hydrogen-bond donors (Lipinski definition) is 3. The summed E-state index contributed by atoms with van der Waals surface area (Å²) in [4.78, 5) is 12.1. The number of carbonyl (C=O) groups excluding carboxylic acids is 1. The van der Waals surface area contributed by atoms with Gasteiger partial charge in [-0.1, -0.05) is 24.3 Å². The summed E-state index contributed by atoms with van der Waals surface area (Å²) in [6.45, 7) is 1.68. The second-order valence-corrected chi connectivity index (χ2v) is 4.29. The topological polar surface area (TPSA) is 69.6 Å². The molecule has 98 valence electrons. The van der Waals surface area contributed by atoms with Crippen molar-refractivity contribution >= 4 is 11.6 Å². The second-order valence-electron chi connectivity index (χ2n) is 4.29. The van der Waals surface area contributed by atoms with Gasteiger partial charge in [-0.05, 0) is 30.7 Å². The summed E-state index contributed by atoms with van der Waals surface area (Å²) >= 11 is 0. The first kappa shape index (κ1) is 13.1. The fourth-order valence-corrected chi connectivity index (χ4v) is 1.80. The highest BCUT2D eigenvalue weighted by atomic mass is 16.3. The van der Waals surface area contributed by atoms with E-state index in [-0.39, 0.29) is 17.9 Å². The van der Waals surface area contributed by atoms with E-state index in [2.05, 4.69) is 5.32 Å². The first-order chi connectivity index (χ1) is 9.11. The maximum absolute atomic E-state index is 12.1. The van der Waals surface area contributed by atoms with Gasteiger partial charge in [0.25, 0.3) is 5.91 Å². The van der Waals surface area contributed by atoms with Crippen molar-refractivity contribution in [2.45, 2.75) is 13.5 Å². The molecular weight excluding hydrogens is 242 g/mol. The Morgan fingerprint density at radius 1 is 1.21 bits per heavy atom. The largest absolute Gasteiger partial charge is 0.507 e. The van der Waals surface area contributed by atoms with E-state index < -0.39 is 5.91 Å². The Kier molecular flexibility index (Phi) is 3.82. The third-order valence-electron chi connectivity index (χ3n) is 2.83. The van der Waals surface area contributed by atoms with Gasteiger partial charge in [0.05, 0.1) is 12.2 Å². The molecule has 2 rings (SSSR count). The quantitative estimate of drug-likeness (QED) is 0.791. The molecule has 0 fully saturated rings. The van der Waals surface area contributed by atoms with E-state index in [1.54, 1.807) is 36.4 Å². The summed E-state index contributed by atoms with van der Waals surface area (Å²) in [5, 5.41) is 21.6. The predicted octanol–water partition coefficient (Wildman–Crippen LogP) is 2.45. The number of phenols is 1. The fraction of sp³-hybridized carbons (Fsp3) is 0.133. The van der Waals surface area contributed by atoms with Gasteiger partial charge in [-0.3, -0.25) is 4.79 Å². The van der Waals surface area contributed by atoms with Crippen molar-refractivity contribution in [1.82, 2.24) is 0 Å². The highest BCUT2D eigenvalue weighted by Crippen LogP contribution is 2.21. The number of anilines is 1. The molecule has 19 heavy (non-hydrogen) atoms. The molecule has 0 aliphatic carbocycles. The fourth-order valence-electron chi connectivity index (χ4n) is 1.80. The van der Waals surface area contributed by atoms with Crippen molar-refractivity contribution in [2.75, 3.05) is 5.32 Å². The minimum absolute atomic E-state index is 0.0565. The zero-order valence-electron chi connectivity index (χ0n) is 10.6. The minimum Gasteiger partial charge on any atom is -0.507 e. The van der Waals surface area contributed by atoms with Crippen LogP contribution in [-0.4, -0.2) is 16.1 Å². The Balaban J connectivity index is 2.26. The van der Waals surface area contributed by atoms with Crippen LogP contribution in [0.2, 0.25) is 0 Å². The van der Waals surface area contributed by atoms with Crippen LogP contribution in [0.4, 0.5) is 5.69 Å². The van der Waals surface area contributed by atoms with E-state index in [4.69, 9.17) is 0 Å². The number of aliphatic hydroxyl groups is 1. The number of aliphatic hydroxyl groups excluding tert-OH is 1. The van der Waals surface area contributed by atoms with Gasteiger partial charge < -0.3 is 15.5 Å². The lowest BCUT2D eigenvalue weighted by molar-refractivity contribution is 0.102. The number of benzene rings is 2. The third kappa shape index (κ3) is 2.92. The predicted molar refractivity (Wildman–Crippen MR) is 73.2 cm³/mol. The lowest BCUT2D eigenvalue weighted by Gasteiger charge is -2.10. The zero-order valence-corrected chi connectivity index (χ0v) is 10.6. The zero-order chi connectivity index (χ0) is 13.8. The number of nitrogens with one attached hydrogen (secondary N) is 1. The first-order valence-corrected chi connectivity index (χ1v) is 5.91. The minimum atomic E-state index is -0.404. The lowest BCUT2D eigenvalue weighted by Crippen LogP contribution is -2.13. The summed E-state index contributed by atoms with van der Waals surface area (Å²) in [5.41, 5.74) is 2.25. The van der Waals surface area contributed by atoms with Gasteiger partial charge in [0.2, 0.25) is 0 Å². The van der Waals surface area contributed by atoms with E-state index in [0.29, 0.717) is 11.3 Å². The normalized spacial score (nSPS) is 10.2. The number of phenolic OH excluding ortho intramolecular Hbond substituents is 1. The van der Waals surface area contributed by atoms with Crippen LogP contribution in [0.25, 0.3) is 0 Å². The Hall–Kier alpha value is -2.33. The van der Waals surface area contributed by atoms with Gasteiger partial charge in [0, 0.05) is 11.3 Å². The number of amides is 1. The Bertz CT molecular complexity index is 608. The summed E-state index contributed by atoms with van der Waals surface area (Å²) in [6, 6.07) is 11.8. The van der Waals surface area contributed by atoms with E-state index in [0.717, 1.165) is 5.56 Å². The molecule has 0 radical (unpaired) electrons. The van der Waals surface area contributed by atoms with E-state index >= 15 is 0 Å². The summed E-state index contributed by atoms with van der Waals surface area (Å²) < 4.78 is 0. The molecule has 0 aliphatic heterocycles. The molecule has 2 aromatic rings. The molecule has 3 N–H and O–H groups in total. The molecular formula is C15H15NO3. The number of aromatic hydroxyl groups is 1. The molecule has 0 heterocycles. The van der Waals surface area contributed by atoms with Crippen molar-refractivity contribution in [3.8, 4) is 5.75 Å². The van der Waals surface area contributed by atoms with Gasteiger partial charge in [0.1, 0.15) is 5.75 Å². The average molecular weight is 257 g/mol. The molecule has 0 atom stereocenters. The maximum Gasteiger partial charge on any atom is 0.259 e. The van der Waals surface area contributed by atoms with Gasteiger partial charge in [-0.25, -0.2) is 0 Å². The van der Waals surface area contributed by atoms with Crippen LogP contribution < -0.4 is 5.32 Å². The maximum atomic E-state index is 12.1. The van der Waals surface area contributed by atoms with Crippen molar-refractivity contribution in [3.63, 3.8) is 0 Å². The van der Waals surface area contributed by atoms with Crippen molar-refractivity contribution in [2.24, 2.45) is 0 Å². The van der Waals surface area contributed by atoms with E-state index in [1.165, 1.54) is 6.07 Å². The molecule has 2 aromatic carbocycles. The highest BCUT2D eigenvalue weighted by Gasteiger charge is 2.12. The van der Waals surface area contributed by atoms with Crippen LogP contribution in [0.1, 0.15) is 21.5 Å². The Morgan fingerprint density at radius 3 is 2.63 bits per heavy atom. The average Bonchev–Trinajstić information content (AvgIpc) is 2.39. The van der Waals surface area contributed by atoms with Crippen LogP contribution >= 0.6 is 0 Å². The summed E-state index contributed by atoms with van der Waals surface area (Å²) in [6.07, 6.45) is 0. The Labute approximate surface area is 111 Å². The van der Waals surface area contributed by atoms with Gasteiger partial charge >= 0.3 is 0 Å².